The van der Waals surface area contributed by atoms with Gasteiger partial charge in [-0.15, -0.1) is 0 Å². The molecule has 0 bridgehead atoms. The fraction of sp³-hybridized carbons (Fsp3) is 0.611. The van der Waals surface area contributed by atoms with Gasteiger partial charge in [-0.25, -0.2) is 0 Å². The van der Waals surface area contributed by atoms with E-state index in [1.807, 2.05) is 43.3 Å². The van der Waals surface area contributed by atoms with E-state index in [0.29, 0.717) is 13.1 Å². The van der Waals surface area contributed by atoms with Crippen molar-refractivity contribution in [2.75, 3.05) is 40.9 Å². The van der Waals surface area contributed by atoms with Crippen molar-refractivity contribution in [2.45, 2.75) is 24.3 Å². The van der Waals surface area contributed by atoms with E-state index in [-0.39, 0.29) is 29.9 Å². The molecule has 23 heavy (non-hydrogen) atoms. The van der Waals surface area contributed by atoms with Crippen molar-refractivity contribution in [3.8, 4) is 5.75 Å². The molecule has 0 aromatic heterocycles. The molecule has 5 nitrogen and oxygen atoms in total. The summed E-state index contributed by atoms with van der Waals surface area (Å²) < 4.78 is 5.20. The van der Waals surface area contributed by atoms with Gasteiger partial charge in [0.2, 0.25) is 5.91 Å². The van der Waals surface area contributed by atoms with Crippen LogP contribution in [0.15, 0.2) is 24.3 Å². The van der Waals surface area contributed by atoms with Crippen LogP contribution in [-0.2, 0) is 10.2 Å². The fourth-order valence-electron chi connectivity index (χ4n) is 3.75. The summed E-state index contributed by atoms with van der Waals surface area (Å²) in [5, 5.41) is 9.60. The Morgan fingerprint density at radius 3 is 2.39 bits per heavy atom. The van der Waals surface area contributed by atoms with Gasteiger partial charge >= 0.3 is 0 Å². The Balaban J connectivity index is 1.77. The smallest absolute Gasteiger partial charge is 0.233 e. The van der Waals surface area contributed by atoms with Crippen LogP contribution in [0.25, 0.3) is 0 Å². The first kappa shape index (κ1) is 16.3. The predicted octanol–water partition coefficient (Wildman–Crippen LogP) is 1.11. The van der Waals surface area contributed by atoms with Crippen molar-refractivity contribution in [2.24, 2.45) is 5.92 Å². The second kappa shape index (κ2) is 6.13. The summed E-state index contributed by atoms with van der Waals surface area (Å²) in [5.41, 5.74) is 0.727. The maximum Gasteiger partial charge on any atom is 0.233 e. The van der Waals surface area contributed by atoms with Gasteiger partial charge < -0.3 is 19.6 Å². The van der Waals surface area contributed by atoms with E-state index >= 15 is 0 Å². The minimum atomic E-state index is -0.354. The number of ether oxygens (including phenoxy) is 1. The van der Waals surface area contributed by atoms with E-state index < -0.39 is 0 Å². The normalized spacial score (nSPS) is 25.7. The minimum absolute atomic E-state index is 0.127. The van der Waals surface area contributed by atoms with Gasteiger partial charge in [-0.3, -0.25) is 4.79 Å². The van der Waals surface area contributed by atoms with Gasteiger partial charge in [0, 0.05) is 31.7 Å². The molecule has 0 unspecified atom stereocenters. The molecule has 2 aliphatic rings. The number of likely N-dealkylation sites (N-methyl/N-ethyl adjacent to an activating group) is 1. The van der Waals surface area contributed by atoms with Crippen LogP contribution in [0.5, 0.6) is 5.75 Å². The molecule has 1 aromatic rings. The third kappa shape index (κ3) is 2.83. The van der Waals surface area contributed by atoms with Gasteiger partial charge in [0.25, 0.3) is 0 Å². The van der Waals surface area contributed by atoms with Gasteiger partial charge in [0.15, 0.2) is 0 Å². The van der Waals surface area contributed by atoms with Crippen molar-refractivity contribution in [1.29, 1.82) is 0 Å². The first-order chi connectivity index (χ1) is 11.0. The summed E-state index contributed by atoms with van der Waals surface area (Å²) in [6.45, 7) is 1.48. The number of aliphatic hydroxyl groups excluding tert-OH is 1. The van der Waals surface area contributed by atoms with E-state index in [1.54, 1.807) is 7.11 Å². The van der Waals surface area contributed by atoms with Gasteiger partial charge in [-0.2, -0.15) is 0 Å². The number of nitrogens with zero attached hydrogens (tertiary/aromatic N) is 2. The molecule has 126 valence electrons. The Bertz CT molecular complexity index is 566. The van der Waals surface area contributed by atoms with Crippen LogP contribution in [0.4, 0.5) is 0 Å². The van der Waals surface area contributed by atoms with Gasteiger partial charge in [-0.05, 0) is 44.6 Å². The highest BCUT2D eigenvalue weighted by Crippen LogP contribution is 2.50. The van der Waals surface area contributed by atoms with Gasteiger partial charge in [-0.1, -0.05) is 12.1 Å². The average Bonchev–Trinajstić information content (AvgIpc) is 3.26. The van der Waals surface area contributed by atoms with Gasteiger partial charge in [0.05, 0.1) is 12.5 Å². The average molecular weight is 318 g/mol. The van der Waals surface area contributed by atoms with E-state index in [1.165, 1.54) is 0 Å². The third-order valence-corrected chi connectivity index (χ3v) is 5.39. The molecule has 1 N–H and O–H groups in total. The Morgan fingerprint density at radius 1 is 1.30 bits per heavy atom. The molecule has 1 amide bonds. The van der Waals surface area contributed by atoms with Crippen molar-refractivity contribution in [3.63, 3.8) is 0 Å². The molecule has 0 spiro atoms. The predicted molar refractivity (Wildman–Crippen MR) is 88.5 cm³/mol. The highest BCUT2D eigenvalue weighted by Gasteiger charge is 2.54. The number of amides is 1. The highest BCUT2D eigenvalue weighted by atomic mass is 16.5. The second-order valence-corrected chi connectivity index (χ2v) is 6.99. The van der Waals surface area contributed by atoms with E-state index in [9.17, 15) is 9.90 Å². The van der Waals surface area contributed by atoms with Crippen LogP contribution in [0.2, 0.25) is 0 Å². The number of carbonyl (C=O) groups excluding carboxylic acids is 1. The molecule has 1 aliphatic heterocycles. The molecule has 1 saturated carbocycles. The van der Waals surface area contributed by atoms with Crippen molar-refractivity contribution < 1.29 is 14.6 Å². The van der Waals surface area contributed by atoms with Gasteiger partial charge in [0.1, 0.15) is 5.75 Å². The van der Waals surface area contributed by atoms with Crippen molar-refractivity contribution in [1.82, 2.24) is 9.80 Å². The van der Waals surface area contributed by atoms with Crippen LogP contribution in [-0.4, -0.2) is 67.8 Å². The number of hydrogen-bond acceptors (Lipinski definition) is 4. The third-order valence-electron chi connectivity index (χ3n) is 5.39. The Hall–Kier alpha value is -1.59. The topological polar surface area (TPSA) is 53.0 Å². The largest absolute Gasteiger partial charge is 0.497 e. The standard InChI is InChI=1S/C18H26N2O3/c1-19(2)16-11-20(10-13(16)12-21)17(22)18(8-9-18)14-4-6-15(23-3)7-5-14/h4-7,13,16,21H,8-12H2,1-3H3/t13-,16+/m0/s1. The fourth-order valence-corrected chi connectivity index (χ4v) is 3.75. The van der Waals surface area contributed by atoms with Crippen LogP contribution in [0.1, 0.15) is 18.4 Å². The number of methoxy groups -OCH3 is 1. The van der Waals surface area contributed by atoms with E-state index in [2.05, 4.69) is 4.90 Å². The summed E-state index contributed by atoms with van der Waals surface area (Å²) in [4.78, 5) is 17.2. The lowest BCUT2D eigenvalue weighted by atomic mass is 9.94. The molecular weight excluding hydrogens is 292 g/mol. The zero-order chi connectivity index (χ0) is 16.6. The lowest BCUT2D eigenvalue weighted by Crippen LogP contribution is -2.40. The summed E-state index contributed by atoms with van der Waals surface area (Å²) in [6.07, 6.45) is 1.82. The van der Waals surface area contributed by atoms with Crippen LogP contribution in [0.3, 0.4) is 0 Å². The molecule has 0 radical (unpaired) electrons. The number of carbonyl (C=O) groups is 1. The number of aliphatic hydroxyl groups is 1. The molecule has 1 aromatic carbocycles. The van der Waals surface area contributed by atoms with Crippen molar-refractivity contribution >= 4 is 5.91 Å². The first-order valence-electron chi connectivity index (χ1n) is 8.23. The molecule has 2 atom stereocenters. The maximum atomic E-state index is 13.1. The summed E-state index contributed by atoms with van der Waals surface area (Å²) in [5.74, 6) is 1.16. The van der Waals surface area contributed by atoms with Crippen molar-refractivity contribution in [3.05, 3.63) is 29.8 Å². The van der Waals surface area contributed by atoms with E-state index in [0.717, 1.165) is 24.2 Å². The lowest BCUT2D eigenvalue weighted by molar-refractivity contribution is -0.133. The highest BCUT2D eigenvalue weighted by molar-refractivity contribution is 5.91. The Morgan fingerprint density at radius 2 is 1.96 bits per heavy atom. The minimum Gasteiger partial charge on any atom is -0.497 e. The summed E-state index contributed by atoms with van der Waals surface area (Å²) >= 11 is 0. The molecule has 5 heteroatoms. The summed E-state index contributed by atoms with van der Waals surface area (Å²) in [7, 11) is 5.67. The lowest BCUT2D eigenvalue weighted by Gasteiger charge is -2.25. The molecule has 2 fully saturated rings. The molecule has 1 saturated heterocycles. The zero-order valence-electron chi connectivity index (χ0n) is 14.2. The van der Waals surface area contributed by atoms with Crippen LogP contribution >= 0.6 is 0 Å². The number of rotatable bonds is 5. The van der Waals surface area contributed by atoms with Crippen LogP contribution < -0.4 is 4.74 Å². The monoisotopic (exact) mass is 318 g/mol. The zero-order valence-corrected chi connectivity index (χ0v) is 14.2. The Kier molecular flexibility index (Phi) is 4.34. The molecule has 1 heterocycles. The molecule has 1 aliphatic carbocycles. The Labute approximate surface area is 137 Å². The maximum absolute atomic E-state index is 13.1. The van der Waals surface area contributed by atoms with E-state index in [4.69, 9.17) is 4.74 Å². The number of hydrogen-bond donors (Lipinski definition) is 1. The second-order valence-electron chi connectivity index (χ2n) is 6.99. The SMILES string of the molecule is COc1ccc(C2(C(=O)N3C[C@@H](CO)[C@H](N(C)C)C3)CC2)cc1. The first-order valence-corrected chi connectivity index (χ1v) is 8.23. The number of benzene rings is 1. The number of likely N-dealkylation sites (tertiary alicyclic amines) is 1. The summed E-state index contributed by atoms with van der Waals surface area (Å²) in [6, 6.07) is 8.09. The molecule has 3 rings (SSSR count). The van der Waals surface area contributed by atoms with Crippen LogP contribution in [0, 0.1) is 5.92 Å². The quantitative estimate of drug-likeness (QED) is 0.883. The molecular formula is C18H26N2O3.